The molecule has 0 unspecified atom stereocenters. The van der Waals surface area contributed by atoms with Crippen molar-refractivity contribution in [2.45, 2.75) is 0 Å². The lowest BCUT2D eigenvalue weighted by Gasteiger charge is -2.07. The maximum absolute atomic E-state index is 10.7. The molecule has 1 aromatic carbocycles. The van der Waals surface area contributed by atoms with Crippen molar-refractivity contribution >= 4 is 6.29 Å². The average Bonchev–Trinajstić information content (AvgIpc) is 2.26. The van der Waals surface area contributed by atoms with Crippen LogP contribution < -0.4 is 9.47 Å². The fourth-order valence-electron chi connectivity index (χ4n) is 1.03. The molecule has 0 aromatic heterocycles. The number of hydrogen-bond donors (Lipinski definition) is 0. The molecule has 0 heterocycles. The van der Waals surface area contributed by atoms with Crippen LogP contribution in [0.4, 0.5) is 0 Å². The monoisotopic (exact) mass is 192 g/mol. The summed E-state index contributed by atoms with van der Waals surface area (Å²) in [5.74, 6) is 1.18. The lowest BCUT2D eigenvalue weighted by atomic mass is 10.2. The molecule has 0 saturated heterocycles. The summed E-state index contributed by atoms with van der Waals surface area (Å²) in [6.07, 6.45) is 2.36. The van der Waals surface area contributed by atoms with Crippen molar-refractivity contribution in [3.05, 3.63) is 36.4 Å². The highest BCUT2D eigenvalue weighted by Gasteiger charge is 2.03. The molecule has 0 radical (unpaired) electrons. The Hall–Kier alpha value is -1.77. The topological polar surface area (TPSA) is 35.5 Å². The molecule has 0 N–H and O–H groups in total. The number of ether oxygens (including phenoxy) is 2. The van der Waals surface area contributed by atoms with Gasteiger partial charge in [0.1, 0.15) is 18.1 Å². The van der Waals surface area contributed by atoms with Gasteiger partial charge in [-0.05, 0) is 18.2 Å². The summed E-state index contributed by atoms with van der Waals surface area (Å²) in [6.45, 7) is 3.91. The van der Waals surface area contributed by atoms with Crippen LogP contribution in [-0.2, 0) is 0 Å². The molecule has 1 rings (SSSR count). The zero-order valence-electron chi connectivity index (χ0n) is 8.03. The standard InChI is InChI=1S/C11H12O3/c1-3-6-14-11-5-4-10(13-2)7-9(11)8-12/h3-5,7-8H,1,6H2,2H3. The van der Waals surface area contributed by atoms with E-state index in [9.17, 15) is 4.79 Å². The van der Waals surface area contributed by atoms with Crippen molar-refractivity contribution < 1.29 is 14.3 Å². The Morgan fingerprint density at radius 3 is 2.86 bits per heavy atom. The number of rotatable bonds is 5. The van der Waals surface area contributed by atoms with Gasteiger partial charge in [-0.25, -0.2) is 0 Å². The van der Waals surface area contributed by atoms with Crippen molar-refractivity contribution in [3.63, 3.8) is 0 Å². The summed E-state index contributed by atoms with van der Waals surface area (Å²) in [5, 5.41) is 0. The van der Waals surface area contributed by atoms with Gasteiger partial charge in [0.25, 0.3) is 0 Å². The number of carbonyl (C=O) groups is 1. The predicted octanol–water partition coefficient (Wildman–Crippen LogP) is 2.07. The van der Waals surface area contributed by atoms with E-state index < -0.39 is 0 Å². The molecule has 0 atom stereocenters. The molecule has 0 fully saturated rings. The highest BCUT2D eigenvalue weighted by molar-refractivity contribution is 5.80. The lowest BCUT2D eigenvalue weighted by molar-refractivity contribution is 0.111. The van der Waals surface area contributed by atoms with Crippen LogP contribution in [-0.4, -0.2) is 20.0 Å². The van der Waals surface area contributed by atoms with Gasteiger partial charge in [0.15, 0.2) is 6.29 Å². The maximum atomic E-state index is 10.7. The maximum Gasteiger partial charge on any atom is 0.153 e. The molecule has 74 valence electrons. The van der Waals surface area contributed by atoms with Crippen molar-refractivity contribution in [2.24, 2.45) is 0 Å². The zero-order chi connectivity index (χ0) is 10.4. The fraction of sp³-hybridized carbons (Fsp3) is 0.182. The molecule has 1 aromatic rings. The van der Waals surface area contributed by atoms with Crippen LogP contribution >= 0.6 is 0 Å². The SMILES string of the molecule is C=CCOc1ccc(OC)cc1C=O. The summed E-state index contributed by atoms with van der Waals surface area (Å²) in [6, 6.07) is 5.07. The summed E-state index contributed by atoms with van der Waals surface area (Å²) in [4.78, 5) is 10.7. The first-order chi connectivity index (χ1) is 6.81. The first-order valence-corrected chi connectivity index (χ1v) is 4.18. The van der Waals surface area contributed by atoms with Gasteiger partial charge in [-0.1, -0.05) is 12.7 Å². The third-order valence-corrected chi connectivity index (χ3v) is 1.70. The van der Waals surface area contributed by atoms with Gasteiger partial charge < -0.3 is 9.47 Å². The minimum Gasteiger partial charge on any atom is -0.497 e. The molecule has 14 heavy (non-hydrogen) atoms. The minimum atomic E-state index is 0.382. The van der Waals surface area contributed by atoms with Gasteiger partial charge in [-0.15, -0.1) is 0 Å². The van der Waals surface area contributed by atoms with Crippen LogP contribution in [0.1, 0.15) is 10.4 Å². The van der Waals surface area contributed by atoms with Gasteiger partial charge in [0, 0.05) is 0 Å². The Balaban J connectivity index is 2.92. The van der Waals surface area contributed by atoms with Gasteiger partial charge in [-0.3, -0.25) is 4.79 Å². The molecule has 0 bridgehead atoms. The van der Waals surface area contributed by atoms with Gasteiger partial charge >= 0.3 is 0 Å². The van der Waals surface area contributed by atoms with Crippen LogP contribution in [0.15, 0.2) is 30.9 Å². The Kier molecular flexibility index (Phi) is 3.73. The van der Waals surface area contributed by atoms with Crippen LogP contribution in [0.5, 0.6) is 11.5 Å². The highest BCUT2D eigenvalue weighted by Crippen LogP contribution is 2.22. The van der Waals surface area contributed by atoms with E-state index >= 15 is 0 Å². The van der Waals surface area contributed by atoms with E-state index in [-0.39, 0.29) is 0 Å². The summed E-state index contributed by atoms with van der Waals surface area (Å²) < 4.78 is 10.3. The van der Waals surface area contributed by atoms with Crippen LogP contribution in [0.3, 0.4) is 0 Å². The second-order valence-electron chi connectivity index (χ2n) is 2.62. The van der Waals surface area contributed by atoms with E-state index in [0.29, 0.717) is 23.7 Å². The Morgan fingerprint density at radius 1 is 1.50 bits per heavy atom. The number of hydrogen-bond acceptors (Lipinski definition) is 3. The molecule has 3 nitrogen and oxygen atoms in total. The van der Waals surface area contributed by atoms with Crippen LogP contribution in [0.2, 0.25) is 0 Å². The largest absolute Gasteiger partial charge is 0.497 e. The Bertz CT molecular complexity index is 331. The third kappa shape index (κ3) is 2.36. The van der Waals surface area contributed by atoms with Gasteiger partial charge in [0.2, 0.25) is 0 Å². The van der Waals surface area contributed by atoms with Crippen molar-refractivity contribution in [3.8, 4) is 11.5 Å². The molecular weight excluding hydrogens is 180 g/mol. The molecule has 0 saturated carbocycles. The van der Waals surface area contributed by atoms with E-state index in [1.165, 1.54) is 0 Å². The van der Waals surface area contributed by atoms with E-state index in [0.717, 1.165) is 6.29 Å². The van der Waals surface area contributed by atoms with E-state index in [4.69, 9.17) is 9.47 Å². The first-order valence-electron chi connectivity index (χ1n) is 4.18. The lowest BCUT2D eigenvalue weighted by Crippen LogP contribution is -1.97. The van der Waals surface area contributed by atoms with Crippen LogP contribution in [0.25, 0.3) is 0 Å². The van der Waals surface area contributed by atoms with E-state index in [1.54, 1.807) is 31.4 Å². The predicted molar refractivity (Wildman–Crippen MR) is 54.1 cm³/mol. The second-order valence-corrected chi connectivity index (χ2v) is 2.62. The number of methoxy groups -OCH3 is 1. The van der Waals surface area contributed by atoms with E-state index in [1.807, 2.05) is 0 Å². The Morgan fingerprint density at radius 2 is 2.29 bits per heavy atom. The number of aldehydes is 1. The summed E-state index contributed by atoms with van der Waals surface area (Å²) in [5.41, 5.74) is 0.478. The normalized spacial score (nSPS) is 9.21. The highest BCUT2D eigenvalue weighted by atomic mass is 16.5. The molecule has 0 aliphatic carbocycles. The third-order valence-electron chi connectivity index (χ3n) is 1.70. The van der Waals surface area contributed by atoms with Crippen molar-refractivity contribution in [1.29, 1.82) is 0 Å². The zero-order valence-corrected chi connectivity index (χ0v) is 8.03. The van der Waals surface area contributed by atoms with Gasteiger partial charge in [-0.2, -0.15) is 0 Å². The summed E-state index contributed by atoms with van der Waals surface area (Å²) >= 11 is 0. The number of carbonyl (C=O) groups excluding carboxylic acids is 1. The minimum absolute atomic E-state index is 0.382. The second kappa shape index (κ2) is 5.07. The molecular formula is C11H12O3. The van der Waals surface area contributed by atoms with Crippen LogP contribution in [0, 0.1) is 0 Å². The molecule has 0 aliphatic rings. The van der Waals surface area contributed by atoms with E-state index in [2.05, 4.69) is 6.58 Å². The van der Waals surface area contributed by atoms with Crippen molar-refractivity contribution in [1.82, 2.24) is 0 Å². The molecule has 0 aliphatic heterocycles. The summed E-state index contributed by atoms with van der Waals surface area (Å²) in [7, 11) is 1.55. The molecule has 3 heteroatoms. The van der Waals surface area contributed by atoms with Gasteiger partial charge in [0.05, 0.1) is 12.7 Å². The number of benzene rings is 1. The Labute approximate surface area is 83.0 Å². The van der Waals surface area contributed by atoms with Crippen molar-refractivity contribution in [2.75, 3.05) is 13.7 Å². The molecule has 0 amide bonds. The quantitative estimate of drug-likeness (QED) is 0.529. The average molecular weight is 192 g/mol. The fourth-order valence-corrected chi connectivity index (χ4v) is 1.03. The first kappa shape index (κ1) is 10.3. The molecule has 0 spiro atoms. The smallest absolute Gasteiger partial charge is 0.153 e.